The van der Waals surface area contributed by atoms with Crippen LogP contribution in [-0.2, 0) is 10.9 Å². The molecule has 1 rings (SSSR count). The molecule has 0 N–H and O–H groups in total. The maximum absolute atomic E-state index is 12.7. The monoisotopic (exact) mass is 223 g/mol. The number of rotatable bonds is 1. The highest BCUT2D eigenvalue weighted by atomic mass is 19.4. The van der Waals surface area contributed by atoms with Crippen molar-refractivity contribution in [1.82, 2.24) is 4.98 Å². The van der Waals surface area contributed by atoms with Crippen molar-refractivity contribution in [3.63, 3.8) is 0 Å². The molecule has 0 aliphatic heterocycles. The molecule has 3 nitrogen and oxygen atoms in total. The summed E-state index contributed by atoms with van der Waals surface area (Å²) in [4.78, 5) is 13.8. The molecule has 0 unspecified atom stereocenters. The molecule has 0 atom stereocenters. The van der Waals surface area contributed by atoms with Crippen LogP contribution in [0, 0.1) is 5.82 Å². The first kappa shape index (κ1) is 11.4. The van der Waals surface area contributed by atoms with Crippen molar-refractivity contribution in [3.05, 3.63) is 29.3 Å². The fourth-order valence-corrected chi connectivity index (χ4v) is 0.852. The Hall–Kier alpha value is -1.66. The van der Waals surface area contributed by atoms with Gasteiger partial charge in [-0.05, 0) is 0 Å². The van der Waals surface area contributed by atoms with Crippen LogP contribution in [0.4, 0.5) is 17.6 Å². The number of carbonyl (C=O) groups excluding carboxylic acids is 1. The summed E-state index contributed by atoms with van der Waals surface area (Å²) in [6.07, 6.45) is -4.80. The van der Waals surface area contributed by atoms with Gasteiger partial charge in [0.2, 0.25) is 0 Å². The van der Waals surface area contributed by atoms with Crippen molar-refractivity contribution in [2.45, 2.75) is 6.18 Å². The number of methoxy groups -OCH3 is 1. The number of ether oxygens (including phenoxy) is 1. The molecular weight excluding hydrogens is 218 g/mol. The summed E-state index contributed by atoms with van der Waals surface area (Å²) in [7, 11) is 0.960. The van der Waals surface area contributed by atoms with E-state index in [1.54, 1.807) is 0 Å². The molecule has 0 aromatic carbocycles. The molecule has 15 heavy (non-hydrogen) atoms. The summed E-state index contributed by atoms with van der Waals surface area (Å²) < 4.78 is 53.2. The van der Waals surface area contributed by atoms with Gasteiger partial charge in [-0.3, -0.25) is 0 Å². The number of hydrogen-bond donors (Lipinski definition) is 0. The Morgan fingerprint density at radius 2 is 2.00 bits per heavy atom. The highest BCUT2D eigenvalue weighted by molar-refractivity contribution is 5.87. The van der Waals surface area contributed by atoms with Gasteiger partial charge in [-0.2, -0.15) is 13.2 Å². The zero-order valence-electron chi connectivity index (χ0n) is 7.43. The normalized spacial score (nSPS) is 11.3. The molecule has 7 heteroatoms. The van der Waals surface area contributed by atoms with Gasteiger partial charge in [-0.15, -0.1) is 0 Å². The highest BCUT2D eigenvalue weighted by Gasteiger charge is 2.34. The summed E-state index contributed by atoms with van der Waals surface area (Å²) >= 11 is 0. The second-order valence-electron chi connectivity index (χ2n) is 2.55. The Morgan fingerprint density at radius 1 is 1.40 bits per heavy atom. The van der Waals surface area contributed by atoms with Gasteiger partial charge < -0.3 is 4.74 Å². The first-order chi connectivity index (χ1) is 6.84. The molecule has 0 spiro atoms. The first-order valence-electron chi connectivity index (χ1n) is 3.67. The van der Waals surface area contributed by atoms with E-state index in [1.165, 1.54) is 0 Å². The van der Waals surface area contributed by atoms with E-state index < -0.39 is 29.4 Å². The summed E-state index contributed by atoms with van der Waals surface area (Å²) in [6.45, 7) is 0. The molecule has 0 saturated carbocycles. The second kappa shape index (κ2) is 3.84. The predicted molar refractivity (Wildman–Crippen MR) is 40.5 cm³/mol. The van der Waals surface area contributed by atoms with E-state index in [9.17, 15) is 22.4 Å². The SMILES string of the molecule is COC(=O)c1cc(F)cc(C(F)(F)F)n1. The number of halogens is 4. The van der Waals surface area contributed by atoms with Gasteiger partial charge in [0, 0.05) is 12.1 Å². The van der Waals surface area contributed by atoms with E-state index in [4.69, 9.17) is 0 Å². The molecule has 0 saturated heterocycles. The molecule has 1 heterocycles. The van der Waals surface area contributed by atoms with Gasteiger partial charge in [-0.25, -0.2) is 14.2 Å². The third-order valence-corrected chi connectivity index (χ3v) is 1.48. The van der Waals surface area contributed by atoms with Crippen molar-refractivity contribution in [2.24, 2.45) is 0 Å². The predicted octanol–water partition coefficient (Wildman–Crippen LogP) is 2.03. The molecule has 0 aliphatic rings. The summed E-state index contributed by atoms with van der Waals surface area (Å²) in [6, 6.07) is 0.771. The Labute approximate surface area is 81.7 Å². The van der Waals surface area contributed by atoms with E-state index in [-0.39, 0.29) is 6.07 Å². The minimum absolute atomic E-state index is 0.201. The lowest BCUT2D eigenvalue weighted by atomic mass is 10.3. The summed E-state index contributed by atoms with van der Waals surface area (Å²) in [5, 5.41) is 0. The highest BCUT2D eigenvalue weighted by Crippen LogP contribution is 2.28. The van der Waals surface area contributed by atoms with Gasteiger partial charge in [0.1, 0.15) is 11.5 Å². The zero-order valence-corrected chi connectivity index (χ0v) is 7.43. The fraction of sp³-hybridized carbons (Fsp3) is 0.250. The van der Waals surface area contributed by atoms with Crippen LogP contribution in [-0.4, -0.2) is 18.1 Å². The van der Waals surface area contributed by atoms with Crippen LogP contribution < -0.4 is 0 Å². The maximum Gasteiger partial charge on any atom is 0.433 e. The molecular formula is C8H5F4NO2. The number of nitrogens with zero attached hydrogens (tertiary/aromatic N) is 1. The Bertz CT molecular complexity index is 389. The number of carbonyl (C=O) groups is 1. The molecule has 0 fully saturated rings. The smallest absolute Gasteiger partial charge is 0.433 e. The third-order valence-electron chi connectivity index (χ3n) is 1.48. The van der Waals surface area contributed by atoms with Gasteiger partial charge in [0.05, 0.1) is 7.11 Å². The van der Waals surface area contributed by atoms with Crippen LogP contribution in [0.2, 0.25) is 0 Å². The van der Waals surface area contributed by atoms with E-state index in [2.05, 4.69) is 9.72 Å². The quantitative estimate of drug-likeness (QED) is 0.540. The van der Waals surface area contributed by atoms with E-state index >= 15 is 0 Å². The summed E-state index contributed by atoms with van der Waals surface area (Å²) in [5.41, 5.74) is -2.19. The average Bonchev–Trinajstić information content (AvgIpc) is 2.14. The van der Waals surface area contributed by atoms with Crippen molar-refractivity contribution in [3.8, 4) is 0 Å². The number of hydrogen-bond acceptors (Lipinski definition) is 3. The first-order valence-corrected chi connectivity index (χ1v) is 3.67. The van der Waals surface area contributed by atoms with Gasteiger partial charge >= 0.3 is 12.1 Å². The van der Waals surface area contributed by atoms with Crippen molar-refractivity contribution in [1.29, 1.82) is 0 Å². The Balaban J connectivity index is 3.23. The topological polar surface area (TPSA) is 39.2 Å². The number of esters is 1. The largest absolute Gasteiger partial charge is 0.464 e. The van der Waals surface area contributed by atoms with E-state index in [0.29, 0.717) is 6.07 Å². The van der Waals surface area contributed by atoms with Crippen LogP contribution in [0.15, 0.2) is 12.1 Å². The van der Waals surface area contributed by atoms with Crippen LogP contribution in [0.5, 0.6) is 0 Å². The molecule has 82 valence electrons. The minimum Gasteiger partial charge on any atom is -0.464 e. The Kier molecular flexibility index (Phi) is 2.92. The Morgan fingerprint density at radius 3 is 2.47 bits per heavy atom. The number of pyridine rings is 1. The molecule has 1 aromatic rings. The number of alkyl halides is 3. The van der Waals surface area contributed by atoms with E-state index in [0.717, 1.165) is 7.11 Å². The zero-order chi connectivity index (χ0) is 11.6. The van der Waals surface area contributed by atoms with Crippen molar-refractivity contribution < 1.29 is 27.1 Å². The molecule has 0 radical (unpaired) electrons. The van der Waals surface area contributed by atoms with Crippen molar-refractivity contribution >= 4 is 5.97 Å². The lowest BCUT2D eigenvalue weighted by Gasteiger charge is -2.06. The average molecular weight is 223 g/mol. The minimum atomic E-state index is -4.80. The molecule has 0 amide bonds. The third kappa shape index (κ3) is 2.64. The lowest BCUT2D eigenvalue weighted by molar-refractivity contribution is -0.141. The van der Waals surface area contributed by atoms with Gasteiger partial charge in [0.25, 0.3) is 0 Å². The van der Waals surface area contributed by atoms with Gasteiger partial charge in [-0.1, -0.05) is 0 Å². The van der Waals surface area contributed by atoms with Crippen molar-refractivity contribution in [2.75, 3.05) is 7.11 Å². The molecule has 0 bridgehead atoms. The lowest BCUT2D eigenvalue weighted by Crippen LogP contribution is -2.13. The van der Waals surface area contributed by atoms with Crippen LogP contribution in [0.25, 0.3) is 0 Å². The maximum atomic E-state index is 12.7. The molecule has 1 aromatic heterocycles. The van der Waals surface area contributed by atoms with Crippen LogP contribution in [0.1, 0.15) is 16.2 Å². The van der Waals surface area contributed by atoms with Gasteiger partial charge in [0.15, 0.2) is 5.69 Å². The van der Waals surface area contributed by atoms with Crippen LogP contribution in [0.3, 0.4) is 0 Å². The van der Waals surface area contributed by atoms with E-state index in [1.807, 2.05) is 0 Å². The fourth-order valence-electron chi connectivity index (χ4n) is 0.852. The molecule has 0 aliphatic carbocycles. The summed E-state index contributed by atoms with van der Waals surface area (Å²) in [5.74, 6) is -2.32. The standard InChI is InChI=1S/C8H5F4NO2/c1-15-7(14)5-2-4(9)3-6(13-5)8(10,11)12/h2-3H,1H3. The number of aromatic nitrogens is 1. The second-order valence-corrected chi connectivity index (χ2v) is 2.55. The van der Waals surface area contributed by atoms with Crippen LogP contribution >= 0.6 is 0 Å².